The number of aromatic nitrogens is 3. The molecule has 4 aromatic rings. The number of hydrogen-bond donors (Lipinski definition) is 1. The quantitative estimate of drug-likeness (QED) is 0.517. The molecule has 29 heavy (non-hydrogen) atoms. The molecule has 148 valence electrons. The molecular formula is C21H19ClN4O3. The van der Waals surface area contributed by atoms with Gasteiger partial charge in [-0.05, 0) is 44.2 Å². The number of imidazole rings is 1. The Labute approximate surface area is 172 Å². The van der Waals surface area contributed by atoms with Crippen LogP contribution in [0.3, 0.4) is 0 Å². The Hall–Kier alpha value is -3.32. The van der Waals surface area contributed by atoms with Crippen LogP contribution in [-0.4, -0.2) is 20.6 Å². The molecule has 2 heterocycles. The van der Waals surface area contributed by atoms with Gasteiger partial charge in [0.25, 0.3) is 5.91 Å². The predicted octanol–water partition coefficient (Wildman–Crippen LogP) is 4.66. The fourth-order valence-electron chi connectivity index (χ4n) is 3.09. The van der Waals surface area contributed by atoms with Crippen LogP contribution in [0.25, 0.3) is 11.0 Å². The molecule has 2 aromatic heterocycles. The molecule has 0 spiro atoms. The van der Waals surface area contributed by atoms with Gasteiger partial charge in [-0.15, -0.1) is 0 Å². The number of halogens is 1. The van der Waals surface area contributed by atoms with Gasteiger partial charge in [0.1, 0.15) is 18.1 Å². The summed E-state index contributed by atoms with van der Waals surface area (Å²) in [5.74, 6) is 1.27. The Bertz CT molecular complexity index is 1190. The molecule has 0 bridgehead atoms. The molecule has 8 heteroatoms. The van der Waals surface area contributed by atoms with Gasteiger partial charge in [0, 0.05) is 12.1 Å². The average Bonchev–Trinajstić information content (AvgIpc) is 3.18. The van der Waals surface area contributed by atoms with E-state index in [1.54, 1.807) is 34.9 Å². The molecule has 0 saturated carbocycles. The first kappa shape index (κ1) is 19.0. The number of amides is 1. The van der Waals surface area contributed by atoms with Gasteiger partial charge in [0.05, 0.1) is 27.9 Å². The van der Waals surface area contributed by atoms with Gasteiger partial charge in [-0.3, -0.25) is 10.1 Å². The fraction of sp³-hybridized carbons (Fsp3) is 0.190. The summed E-state index contributed by atoms with van der Waals surface area (Å²) in [6.07, 6.45) is 0. The Morgan fingerprint density at radius 1 is 1.24 bits per heavy atom. The summed E-state index contributed by atoms with van der Waals surface area (Å²) in [4.78, 5) is 17.4. The van der Waals surface area contributed by atoms with E-state index in [1.165, 1.54) is 0 Å². The van der Waals surface area contributed by atoms with Crippen LogP contribution in [0.2, 0.25) is 5.02 Å². The van der Waals surface area contributed by atoms with E-state index in [0.717, 1.165) is 16.8 Å². The fourth-order valence-corrected chi connectivity index (χ4v) is 3.26. The summed E-state index contributed by atoms with van der Waals surface area (Å²) in [6.45, 7) is 3.94. The lowest BCUT2D eigenvalue weighted by Gasteiger charge is -2.11. The number of para-hydroxylation sites is 1. The van der Waals surface area contributed by atoms with Gasteiger partial charge in [-0.25, -0.2) is 4.98 Å². The van der Waals surface area contributed by atoms with Crippen LogP contribution < -0.4 is 10.1 Å². The number of carbonyl (C=O) groups excluding carboxylic acids is 1. The second-order valence-corrected chi connectivity index (χ2v) is 7.11. The van der Waals surface area contributed by atoms with Crippen molar-refractivity contribution < 1.29 is 14.1 Å². The molecule has 2 aromatic carbocycles. The number of hydrogen-bond acceptors (Lipinski definition) is 5. The summed E-state index contributed by atoms with van der Waals surface area (Å²) < 4.78 is 12.9. The van der Waals surface area contributed by atoms with E-state index in [4.69, 9.17) is 20.9 Å². The van der Waals surface area contributed by atoms with Crippen LogP contribution in [0.4, 0.5) is 5.95 Å². The van der Waals surface area contributed by atoms with Gasteiger partial charge < -0.3 is 13.8 Å². The standard InChI is InChI=1S/C21H19ClN4O3/c1-12-16(13(2)29-25-12)11-28-19-7-5-4-6-15(19)20(27)24-21-23-17-10-14(22)8-9-18(17)26(21)3/h4-10H,11H2,1-3H3,(H,23,24,27). The van der Waals surface area contributed by atoms with Gasteiger partial charge in [-0.2, -0.15) is 0 Å². The van der Waals surface area contributed by atoms with Crippen molar-refractivity contribution in [1.29, 1.82) is 0 Å². The van der Waals surface area contributed by atoms with Gasteiger partial charge >= 0.3 is 0 Å². The van der Waals surface area contributed by atoms with Gasteiger partial charge in [-0.1, -0.05) is 28.9 Å². The number of anilines is 1. The highest BCUT2D eigenvalue weighted by Gasteiger charge is 2.17. The van der Waals surface area contributed by atoms with Gasteiger partial charge in [0.15, 0.2) is 0 Å². The Balaban J connectivity index is 1.57. The molecule has 7 nitrogen and oxygen atoms in total. The van der Waals surface area contributed by atoms with E-state index < -0.39 is 0 Å². The maximum absolute atomic E-state index is 12.9. The number of nitrogens with one attached hydrogen (secondary N) is 1. The van der Waals surface area contributed by atoms with Crippen LogP contribution in [0.15, 0.2) is 47.0 Å². The van der Waals surface area contributed by atoms with E-state index in [9.17, 15) is 4.79 Å². The number of benzene rings is 2. The Morgan fingerprint density at radius 3 is 2.79 bits per heavy atom. The molecule has 0 aliphatic rings. The maximum atomic E-state index is 12.9. The molecule has 4 rings (SSSR count). The van der Waals surface area contributed by atoms with Crippen molar-refractivity contribution in [3.8, 4) is 5.75 Å². The third kappa shape index (κ3) is 3.69. The van der Waals surface area contributed by atoms with E-state index in [1.807, 2.05) is 33.0 Å². The molecule has 0 aliphatic heterocycles. The zero-order valence-corrected chi connectivity index (χ0v) is 16.9. The highest BCUT2D eigenvalue weighted by atomic mass is 35.5. The van der Waals surface area contributed by atoms with E-state index in [-0.39, 0.29) is 12.5 Å². The Kier molecular flexibility index (Phi) is 4.98. The van der Waals surface area contributed by atoms with Crippen molar-refractivity contribution in [1.82, 2.24) is 14.7 Å². The lowest BCUT2D eigenvalue weighted by atomic mass is 10.2. The van der Waals surface area contributed by atoms with Crippen LogP contribution in [0, 0.1) is 13.8 Å². The van der Waals surface area contributed by atoms with E-state index in [2.05, 4.69) is 15.5 Å². The number of fused-ring (bicyclic) bond motifs is 1. The number of carbonyl (C=O) groups is 1. The largest absolute Gasteiger partial charge is 0.488 e. The van der Waals surface area contributed by atoms with Crippen LogP contribution in [0.1, 0.15) is 27.4 Å². The van der Waals surface area contributed by atoms with Crippen molar-refractivity contribution >= 4 is 34.5 Å². The van der Waals surface area contributed by atoms with Crippen molar-refractivity contribution in [3.05, 3.63) is 70.1 Å². The van der Waals surface area contributed by atoms with E-state index in [0.29, 0.717) is 33.6 Å². The first-order chi connectivity index (χ1) is 13.9. The Morgan fingerprint density at radius 2 is 2.03 bits per heavy atom. The lowest BCUT2D eigenvalue weighted by Crippen LogP contribution is -2.16. The number of rotatable bonds is 5. The average molecular weight is 411 g/mol. The smallest absolute Gasteiger partial charge is 0.261 e. The molecule has 1 amide bonds. The summed E-state index contributed by atoms with van der Waals surface area (Å²) in [5, 5.41) is 7.36. The summed E-state index contributed by atoms with van der Waals surface area (Å²) in [6, 6.07) is 12.5. The zero-order valence-electron chi connectivity index (χ0n) is 16.2. The zero-order chi connectivity index (χ0) is 20.5. The molecule has 0 saturated heterocycles. The number of aryl methyl sites for hydroxylation is 3. The predicted molar refractivity (Wildman–Crippen MR) is 110 cm³/mol. The molecular weight excluding hydrogens is 392 g/mol. The molecule has 1 N–H and O–H groups in total. The van der Waals surface area contributed by atoms with Crippen LogP contribution in [-0.2, 0) is 13.7 Å². The minimum atomic E-state index is -0.316. The summed E-state index contributed by atoms with van der Waals surface area (Å²) in [5.41, 5.74) is 3.62. The van der Waals surface area contributed by atoms with Crippen LogP contribution >= 0.6 is 11.6 Å². The SMILES string of the molecule is Cc1noc(C)c1COc1ccccc1C(=O)Nc1nc2cc(Cl)ccc2n1C. The van der Waals surface area contributed by atoms with Crippen molar-refractivity contribution in [3.63, 3.8) is 0 Å². The molecule has 0 atom stereocenters. The first-order valence-electron chi connectivity index (χ1n) is 9.01. The number of ether oxygens (including phenoxy) is 1. The van der Waals surface area contributed by atoms with Crippen LogP contribution in [0.5, 0.6) is 5.75 Å². The van der Waals surface area contributed by atoms with E-state index >= 15 is 0 Å². The lowest BCUT2D eigenvalue weighted by molar-refractivity contribution is 0.102. The molecule has 0 aliphatic carbocycles. The van der Waals surface area contributed by atoms with Crippen molar-refractivity contribution in [2.24, 2.45) is 7.05 Å². The van der Waals surface area contributed by atoms with Crippen molar-refractivity contribution in [2.45, 2.75) is 20.5 Å². The minimum Gasteiger partial charge on any atom is -0.488 e. The minimum absolute atomic E-state index is 0.260. The molecule has 0 fully saturated rings. The normalized spacial score (nSPS) is 11.0. The molecule has 0 unspecified atom stereocenters. The molecule has 0 radical (unpaired) electrons. The monoisotopic (exact) mass is 410 g/mol. The third-order valence-corrected chi connectivity index (χ3v) is 4.99. The maximum Gasteiger partial charge on any atom is 0.261 e. The third-order valence-electron chi connectivity index (χ3n) is 4.75. The topological polar surface area (TPSA) is 82.2 Å². The van der Waals surface area contributed by atoms with Crippen molar-refractivity contribution in [2.75, 3.05) is 5.32 Å². The summed E-state index contributed by atoms with van der Waals surface area (Å²) >= 11 is 6.04. The first-order valence-corrected chi connectivity index (χ1v) is 9.38. The second-order valence-electron chi connectivity index (χ2n) is 6.67. The highest BCUT2D eigenvalue weighted by molar-refractivity contribution is 6.31. The highest BCUT2D eigenvalue weighted by Crippen LogP contribution is 2.25. The van der Waals surface area contributed by atoms with Gasteiger partial charge in [0.2, 0.25) is 5.95 Å². The second kappa shape index (κ2) is 7.60. The number of nitrogens with zero attached hydrogens (tertiary/aromatic N) is 3. The summed E-state index contributed by atoms with van der Waals surface area (Å²) in [7, 11) is 1.83.